The van der Waals surface area contributed by atoms with Gasteiger partial charge in [0.2, 0.25) is 15.9 Å². The molecule has 1 aliphatic carbocycles. The molecule has 1 atom stereocenters. The average molecular weight is 364 g/mol. The van der Waals surface area contributed by atoms with Crippen molar-refractivity contribution in [2.24, 2.45) is 5.92 Å². The van der Waals surface area contributed by atoms with Crippen LogP contribution in [0.1, 0.15) is 31.2 Å². The van der Waals surface area contributed by atoms with Gasteiger partial charge in [-0.25, -0.2) is 8.42 Å². The number of anilines is 1. The second-order valence-corrected chi connectivity index (χ2v) is 9.19. The molecule has 7 heteroatoms. The molecule has 3 aliphatic rings. The first kappa shape index (κ1) is 17.0. The summed E-state index contributed by atoms with van der Waals surface area (Å²) in [5, 5.41) is 0. The third-order valence-corrected chi connectivity index (χ3v) is 7.69. The molecule has 1 unspecified atom stereocenters. The first-order valence-electron chi connectivity index (χ1n) is 8.96. The summed E-state index contributed by atoms with van der Waals surface area (Å²) in [7, 11) is -1.85. The van der Waals surface area contributed by atoms with Gasteiger partial charge in [-0.3, -0.25) is 4.79 Å². The number of nitrogens with zero attached hydrogens (tertiary/aromatic N) is 2. The molecule has 0 N–H and O–H groups in total. The van der Waals surface area contributed by atoms with Crippen molar-refractivity contribution in [2.75, 3.05) is 31.7 Å². The van der Waals surface area contributed by atoms with E-state index in [1.54, 1.807) is 34.5 Å². The van der Waals surface area contributed by atoms with Gasteiger partial charge in [0.05, 0.1) is 24.5 Å². The van der Waals surface area contributed by atoms with Gasteiger partial charge in [-0.1, -0.05) is 19.3 Å². The quantitative estimate of drug-likeness (QED) is 0.817. The van der Waals surface area contributed by atoms with Crippen LogP contribution >= 0.6 is 0 Å². The predicted octanol–water partition coefficient (Wildman–Crippen LogP) is 1.79. The zero-order valence-corrected chi connectivity index (χ0v) is 15.3. The van der Waals surface area contributed by atoms with Gasteiger partial charge >= 0.3 is 0 Å². The van der Waals surface area contributed by atoms with Crippen LogP contribution in [0.25, 0.3) is 0 Å². The lowest BCUT2D eigenvalue weighted by atomic mass is 9.81. The summed E-state index contributed by atoms with van der Waals surface area (Å²) >= 11 is 0. The highest BCUT2D eigenvalue weighted by molar-refractivity contribution is 7.89. The maximum absolute atomic E-state index is 13.2. The molecule has 0 bridgehead atoms. The minimum absolute atomic E-state index is 0.00113. The van der Waals surface area contributed by atoms with E-state index in [0.717, 1.165) is 17.7 Å². The third-order valence-electron chi connectivity index (χ3n) is 5.74. The maximum Gasteiger partial charge on any atom is 0.243 e. The van der Waals surface area contributed by atoms with E-state index in [1.165, 1.54) is 19.3 Å². The molecule has 4 rings (SSSR count). The molecule has 0 aromatic heterocycles. The predicted molar refractivity (Wildman–Crippen MR) is 94.0 cm³/mol. The van der Waals surface area contributed by atoms with Gasteiger partial charge in [0, 0.05) is 25.3 Å². The molecule has 0 radical (unpaired) electrons. The molecule has 136 valence electrons. The van der Waals surface area contributed by atoms with Gasteiger partial charge in [0.15, 0.2) is 0 Å². The summed E-state index contributed by atoms with van der Waals surface area (Å²) in [4.78, 5) is 13.7. The maximum atomic E-state index is 13.2. The van der Waals surface area contributed by atoms with Crippen LogP contribution in [0.4, 0.5) is 5.69 Å². The van der Waals surface area contributed by atoms with E-state index in [0.29, 0.717) is 25.7 Å². The Kier molecular flexibility index (Phi) is 4.33. The van der Waals surface area contributed by atoms with Crippen molar-refractivity contribution in [3.05, 3.63) is 23.8 Å². The van der Waals surface area contributed by atoms with Crippen molar-refractivity contribution >= 4 is 21.6 Å². The Morgan fingerprint density at radius 2 is 2.08 bits per heavy atom. The van der Waals surface area contributed by atoms with E-state index in [2.05, 4.69) is 0 Å². The van der Waals surface area contributed by atoms with Crippen molar-refractivity contribution in [3.63, 3.8) is 0 Å². The van der Waals surface area contributed by atoms with Crippen molar-refractivity contribution in [3.8, 4) is 0 Å². The fourth-order valence-electron chi connectivity index (χ4n) is 4.00. The Bertz CT molecular complexity index is 788. The number of rotatable bonds is 4. The summed E-state index contributed by atoms with van der Waals surface area (Å²) < 4.78 is 33.6. The lowest BCUT2D eigenvalue weighted by Crippen LogP contribution is -2.49. The molecule has 1 saturated heterocycles. The third kappa shape index (κ3) is 2.98. The molecule has 1 aromatic rings. The van der Waals surface area contributed by atoms with Gasteiger partial charge in [-0.15, -0.1) is 0 Å². The van der Waals surface area contributed by atoms with Gasteiger partial charge in [-0.2, -0.15) is 4.31 Å². The first-order chi connectivity index (χ1) is 12.0. The fourth-order valence-corrected chi connectivity index (χ4v) is 5.65. The largest absolute Gasteiger partial charge is 0.378 e. The Morgan fingerprint density at radius 1 is 1.28 bits per heavy atom. The Balaban J connectivity index is 1.61. The number of carbonyl (C=O) groups is 1. The van der Waals surface area contributed by atoms with Crippen LogP contribution in [0.5, 0.6) is 0 Å². The number of sulfonamides is 1. The Hall–Kier alpha value is -1.44. The topological polar surface area (TPSA) is 66.9 Å². The van der Waals surface area contributed by atoms with Crippen LogP contribution in [0.15, 0.2) is 23.1 Å². The number of hydrogen-bond donors (Lipinski definition) is 0. The van der Waals surface area contributed by atoms with Crippen molar-refractivity contribution in [2.45, 2.75) is 43.0 Å². The molecule has 6 nitrogen and oxygen atoms in total. The summed E-state index contributed by atoms with van der Waals surface area (Å²) in [6.07, 6.45) is 4.78. The average Bonchev–Trinajstić information content (AvgIpc) is 2.85. The number of benzene rings is 1. The van der Waals surface area contributed by atoms with E-state index in [-0.39, 0.29) is 23.3 Å². The fraction of sp³-hybridized carbons (Fsp3) is 0.611. The molecule has 2 fully saturated rings. The number of likely N-dealkylation sites (N-methyl/N-ethyl adjacent to an activating group) is 1. The summed E-state index contributed by atoms with van der Waals surface area (Å²) in [6, 6.07) is 4.96. The molecule has 1 amide bonds. The van der Waals surface area contributed by atoms with E-state index in [9.17, 15) is 13.2 Å². The van der Waals surface area contributed by atoms with Crippen molar-refractivity contribution in [1.82, 2.24) is 4.31 Å². The molecule has 1 saturated carbocycles. The Morgan fingerprint density at radius 3 is 2.80 bits per heavy atom. The van der Waals surface area contributed by atoms with E-state index < -0.39 is 10.0 Å². The first-order valence-corrected chi connectivity index (χ1v) is 10.4. The highest BCUT2D eigenvalue weighted by atomic mass is 32.2. The minimum Gasteiger partial charge on any atom is -0.378 e. The summed E-state index contributed by atoms with van der Waals surface area (Å²) in [6.45, 7) is 1.31. The van der Waals surface area contributed by atoms with Gasteiger partial charge in [0.1, 0.15) is 0 Å². The van der Waals surface area contributed by atoms with Crippen molar-refractivity contribution < 1.29 is 17.9 Å². The number of ether oxygens (including phenoxy) is 1. The lowest BCUT2D eigenvalue weighted by molar-refractivity contribution is -0.117. The number of carbonyl (C=O) groups excluding carboxylic acids is 1. The molecule has 1 aromatic carbocycles. The Labute approximate surface area is 148 Å². The molecule has 2 aliphatic heterocycles. The molecule has 2 heterocycles. The van der Waals surface area contributed by atoms with E-state index in [4.69, 9.17) is 4.74 Å². The van der Waals surface area contributed by atoms with E-state index >= 15 is 0 Å². The van der Waals surface area contributed by atoms with Crippen LogP contribution in [0.2, 0.25) is 0 Å². The molecule has 0 spiro atoms. The zero-order valence-electron chi connectivity index (χ0n) is 14.5. The van der Waals surface area contributed by atoms with Gasteiger partial charge in [0.25, 0.3) is 0 Å². The van der Waals surface area contributed by atoms with Crippen LogP contribution in [-0.2, 0) is 26.0 Å². The number of morpholine rings is 1. The minimum atomic E-state index is -3.57. The van der Waals surface area contributed by atoms with Gasteiger partial charge in [-0.05, 0) is 36.1 Å². The van der Waals surface area contributed by atoms with Crippen LogP contribution in [-0.4, -0.2) is 51.5 Å². The SMILES string of the molecule is CN1C(=O)Cc2cc(S(=O)(=O)N3CCOCC3CC3CCC3)ccc21. The monoisotopic (exact) mass is 364 g/mol. The molecular formula is C18H24N2O4S. The van der Waals surface area contributed by atoms with Crippen molar-refractivity contribution in [1.29, 1.82) is 0 Å². The highest BCUT2D eigenvalue weighted by Gasteiger charge is 2.37. The number of amides is 1. The number of hydrogen-bond acceptors (Lipinski definition) is 4. The van der Waals surface area contributed by atoms with Crippen LogP contribution in [0.3, 0.4) is 0 Å². The van der Waals surface area contributed by atoms with Crippen LogP contribution < -0.4 is 4.90 Å². The summed E-state index contributed by atoms with van der Waals surface area (Å²) in [5.74, 6) is 0.620. The summed E-state index contributed by atoms with van der Waals surface area (Å²) in [5.41, 5.74) is 1.59. The standard InChI is InChI=1S/C18H24N2O4S/c1-19-17-6-5-16(10-14(17)11-18(19)21)25(22,23)20-7-8-24-12-15(20)9-13-3-2-4-13/h5-6,10,13,15H,2-4,7-9,11-12H2,1H3. The molecule has 25 heavy (non-hydrogen) atoms. The normalized spacial score (nSPS) is 25.1. The lowest BCUT2D eigenvalue weighted by Gasteiger charge is -2.38. The highest BCUT2D eigenvalue weighted by Crippen LogP contribution is 2.35. The second-order valence-electron chi connectivity index (χ2n) is 7.30. The van der Waals surface area contributed by atoms with Crippen LogP contribution in [0, 0.1) is 5.92 Å². The van der Waals surface area contributed by atoms with Gasteiger partial charge < -0.3 is 9.64 Å². The smallest absolute Gasteiger partial charge is 0.243 e. The molecular weight excluding hydrogens is 340 g/mol. The van der Waals surface area contributed by atoms with E-state index in [1.807, 2.05) is 0 Å². The zero-order chi connectivity index (χ0) is 17.6. The second kappa shape index (κ2) is 6.37. The number of fused-ring (bicyclic) bond motifs is 1.